The molecule has 0 aliphatic heterocycles. The number of benzene rings is 1. The maximum absolute atomic E-state index is 5.95. The molecule has 0 aliphatic carbocycles. The molecule has 0 bridgehead atoms. The standard InChI is InChI=1S/C12H13ClN4/c1-8-6-15-12(16-7-8)11(17-14)9-3-2-4-10(13)5-9/h2-7,11,17H,14H2,1H3. The van der Waals surface area contributed by atoms with Gasteiger partial charge in [-0.05, 0) is 30.2 Å². The number of hydrazine groups is 1. The van der Waals surface area contributed by atoms with Crippen LogP contribution >= 0.6 is 11.6 Å². The van der Waals surface area contributed by atoms with Gasteiger partial charge in [-0.15, -0.1) is 0 Å². The van der Waals surface area contributed by atoms with E-state index in [9.17, 15) is 0 Å². The molecular weight excluding hydrogens is 236 g/mol. The quantitative estimate of drug-likeness (QED) is 0.644. The number of hydrogen-bond donors (Lipinski definition) is 2. The maximum atomic E-state index is 5.95. The Balaban J connectivity index is 2.36. The highest BCUT2D eigenvalue weighted by molar-refractivity contribution is 6.30. The molecule has 88 valence electrons. The number of halogens is 1. The number of aromatic nitrogens is 2. The first kappa shape index (κ1) is 12.0. The second-order valence-corrected chi connectivity index (χ2v) is 4.21. The fourth-order valence-corrected chi connectivity index (χ4v) is 1.76. The van der Waals surface area contributed by atoms with Crippen molar-refractivity contribution >= 4 is 11.6 Å². The van der Waals surface area contributed by atoms with Crippen LogP contribution in [0.3, 0.4) is 0 Å². The van der Waals surface area contributed by atoms with Crippen molar-refractivity contribution in [1.82, 2.24) is 15.4 Å². The molecule has 17 heavy (non-hydrogen) atoms. The number of nitrogens with one attached hydrogen (secondary N) is 1. The fraction of sp³-hybridized carbons (Fsp3) is 0.167. The minimum absolute atomic E-state index is 0.255. The van der Waals surface area contributed by atoms with Gasteiger partial charge >= 0.3 is 0 Å². The molecule has 0 saturated heterocycles. The summed E-state index contributed by atoms with van der Waals surface area (Å²) in [5.74, 6) is 6.18. The summed E-state index contributed by atoms with van der Waals surface area (Å²) in [6, 6.07) is 7.20. The summed E-state index contributed by atoms with van der Waals surface area (Å²) in [5.41, 5.74) is 4.64. The van der Waals surface area contributed by atoms with Crippen LogP contribution in [0, 0.1) is 6.92 Å². The molecule has 0 spiro atoms. The van der Waals surface area contributed by atoms with Gasteiger partial charge in [-0.2, -0.15) is 0 Å². The molecule has 5 heteroatoms. The van der Waals surface area contributed by atoms with Crippen molar-refractivity contribution in [2.24, 2.45) is 5.84 Å². The highest BCUT2D eigenvalue weighted by Crippen LogP contribution is 2.21. The first-order valence-corrected chi connectivity index (χ1v) is 5.58. The Morgan fingerprint density at radius 3 is 2.59 bits per heavy atom. The van der Waals surface area contributed by atoms with Crippen LogP contribution in [-0.2, 0) is 0 Å². The molecule has 2 rings (SSSR count). The minimum Gasteiger partial charge on any atom is -0.270 e. The highest BCUT2D eigenvalue weighted by atomic mass is 35.5. The molecule has 1 aromatic heterocycles. The molecule has 0 aliphatic rings. The van der Waals surface area contributed by atoms with Crippen LogP contribution in [0.2, 0.25) is 5.02 Å². The zero-order chi connectivity index (χ0) is 12.3. The summed E-state index contributed by atoms with van der Waals surface area (Å²) in [6.07, 6.45) is 3.52. The molecule has 4 nitrogen and oxygen atoms in total. The lowest BCUT2D eigenvalue weighted by molar-refractivity contribution is 0.601. The summed E-state index contributed by atoms with van der Waals surface area (Å²) in [4.78, 5) is 8.52. The van der Waals surface area contributed by atoms with Crippen molar-refractivity contribution in [2.45, 2.75) is 13.0 Å². The molecule has 1 unspecified atom stereocenters. The lowest BCUT2D eigenvalue weighted by atomic mass is 10.1. The maximum Gasteiger partial charge on any atom is 0.150 e. The van der Waals surface area contributed by atoms with Crippen molar-refractivity contribution in [2.75, 3.05) is 0 Å². The molecule has 1 aromatic carbocycles. The third-order valence-electron chi connectivity index (χ3n) is 2.41. The first-order valence-electron chi connectivity index (χ1n) is 5.21. The summed E-state index contributed by atoms with van der Waals surface area (Å²) < 4.78 is 0. The average Bonchev–Trinajstić information content (AvgIpc) is 2.33. The second kappa shape index (κ2) is 5.23. The van der Waals surface area contributed by atoms with Crippen LogP contribution < -0.4 is 11.3 Å². The summed E-state index contributed by atoms with van der Waals surface area (Å²) >= 11 is 5.95. The van der Waals surface area contributed by atoms with E-state index < -0.39 is 0 Å². The monoisotopic (exact) mass is 248 g/mol. The van der Waals surface area contributed by atoms with E-state index >= 15 is 0 Å². The summed E-state index contributed by atoms with van der Waals surface area (Å²) in [6.45, 7) is 1.94. The van der Waals surface area contributed by atoms with E-state index in [2.05, 4.69) is 15.4 Å². The van der Waals surface area contributed by atoms with Crippen molar-refractivity contribution < 1.29 is 0 Å². The largest absolute Gasteiger partial charge is 0.270 e. The van der Waals surface area contributed by atoms with Gasteiger partial charge in [0.2, 0.25) is 0 Å². The first-order chi connectivity index (χ1) is 8.20. The molecule has 0 radical (unpaired) electrons. The van der Waals surface area contributed by atoms with Crippen LogP contribution in [0.15, 0.2) is 36.7 Å². The molecular formula is C12H13ClN4. The van der Waals surface area contributed by atoms with Gasteiger partial charge in [0.05, 0.1) is 0 Å². The summed E-state index contributed by atoms with van der Waals surface area (Å²) in [5, 5.41) is 0.662. The zero-order valence-corrected chi connectivity index (χ0v) is 10.1. The SMILES string of the molecule is Cc1cnc(C(NN)c2cccc(Cl)c2)nc1. The Bertz CT molecular complexity index is 498. The lowest BCUT2D eigenvalue weighted by Gasteiger charge is -2.15. The molecule has 0 amide bonds. The lowest BCUT2D eigenvalue weighted by Crippen LogP contribution is -2.30. The Hall–Kier alpha value is -1.49. The second-order valence-electron chi connectivity index (χ2n) is 3.77. The van der Waals surface area contributed by atoms with Crippen molar-refractivity contribution in [3.8, 4) is 0 Å². The molecule has 3 N–H and O–H groups in total. The van der Waals surface area contributed by atoms with Gasteiger partial charge in [-0.3, -0.25) is 5.84 Å². The normalized spacial score (nSPS) is 12.4. The van der Waals surface area contributed by atoms with E-state index in [1.807, 2.05) is 31.2 Å². The van der Waals surface area contributed by atoms with E-state index in [0.29, 0.717) is 10.8 Å². The van der Waals surface area contributed by atoms with E-state index in [-0.39, 0.29) is 6.04 Å². The number of nitrogens with zero attached hydrogens (tertiary/aromatic N) is 2. The van der Waals surface area contributed by atoms with Crippen LogP contribution in [-0.4, -0.2) is 9.97 Å². The number of hydrogen-bond acceptors (Lipinski definition) is 4. The van der Waals surface area contributed by atoms with Crippen LogP contribution in [0.4, 0.5) is 0 Å². The zero-order valence-electron chi connectivity index (χ0n) is 9.39. The topological polar surface area (TPSA) is 63.8 Å². The van der Waals surface area contributed by atoms with Gasteiger partial charge < -0.3 is 0 Å². The number of aryl methyl sites for hydroxylation is 1. The van der Waals surface area contributed by atoms with E-state index in [1.54, 1.807) is 12.4 Å². The van der Waals surface area contributed by atoms with Gasteiger partial charge in [-0.1, -0.05) is 23.7 Å². The fourth-order valence-electron chi connectivity index (χ4n) is 1.56. The molecule has 2 aromatic rings. The van der Waals surface area contributed by atoms with Crippen LogP contribution in [0.5, 0.6) is 0 Å². The Morgan fingerprint density at radius 2 is 2.00 bits per heavy atom. The van der Waals surface area contributed by atoms with Crippen molar-refractivity contribution in [3.63, 3.8) is 0 Å². The van der Waals surface area contributed by atoms with Gasteiger partial charge in [-0.25, -0.2) is 15.4 Å². The van der Waals surface area contributed by atoms with Crippen molar-refractivity contribution in [1.29, 1.82) is 0 Å². The molecule has 1 atom stereocenters. The predicted octanol–water partition coefficient (Wildman–Crippen LogP) is 1.99. The summed E-state index contributed by atoms with van der Waals surface area (Å²) in [7, 11) is 0. The Morgan fingerprint density at radius 1 is 1.29 bits per heavy atom. The van der Waals surface area contributed by atoms with Gasteiger partial charge in [0.1, 0.15) is 6.04 Å². The molecule has 0 saturated carbocycles. The van der Waals surface area contributed by atoms with E-state index in [4.69, 9.17) is 17.4 Å². The molecule has 0 fully saturated rings. The van der Waals surface area contributed by atoms with E-state index in [0.717, 1.165) is 11.1 Å². The van der Waals surface area contributed by atoms with Crippen LogP contribution in [0.1, 0.15) is 23.0 Å². The predicted molar refractivity (Wildman–Crippen MR) is 67.4 cm³/mol. The average molecular weight is 249 g/mol. The van der Waals surface area contributed by atoms with Crippen LogP contribution in [0.25, 0.3) is 0 Å². The molecule has 1 heterocycles. The highest BCUT2D eigenvalue weighted by Gasteiger charge is 2.15. The van der Waals surface area contributed by atoms with Gasteiger partial charge in [0, 0.05) is 17.4 Å². The minimum atomic E-state index is -0.255. The van der Waals surface area contributed by atoms with Crippen molar-refractivity contribution in [3.05, 3.63) is 58.6 Å². The van der Waals surface area contributed by atoms with Gasteiger partial charge in [0.15, 0.2) is 5.82 Å². The third-order valence-corrected chi connectivity index (χ3v) is 2.64. The van der Waals surface area contributed by atoms with Gasteiger partial charge in [0.25, 0.3) is 0 Å². The number of nitrogens with two attached hydrogens (primary N) is 1. The smallest absolute Gasteiger partial charge is 0.150 e. The Labute approximate surface area is 105 Å². The Kier molecular flexibility index (Phi) is 3.68. The van der Waals surface area contributed by atoms with E-state index in [1.165, 1.54) is 0 Å². The number of rotatable bonds is 3. The third kappa shape index (κ3) is 2.79.